The van der Waals surface area contributed by atoms with Crippen molar-refractivity contribution in [2.24, 2.45) is 0 Å². The predicted octanol–water partition coefficient (Wildman–Crippen LogP) is 0.280. The van der Waals surface area contributed by atoms with Gasteiger partial charge in [-0.3, -0.25) is 10.1 Å². The second kappa shape index (κ2) is 4.75. The van der Waals surface area contributed by atoms with Crippen molar-refractivity contribution in [2.45, 2.75) is 38.3 Å². The van der Waals surface area contributed by atoms with Crippen LogP contribution in [0, 0.1) is 0 Å². The second-order valence-corrected chi connectivity index (χ2v) is 4.15. The molecule has 1 unspecified atom stereocenters. The molecule has 0 aromatic heterocycles. The summed E-state index contributed by atoms with van der Waals surface area (Å²) in [5, 5.41) is 6.54. The summed E-state index contributed by atoms with van der Waals surface area (Å²) in [7, 11) is 1.45. The van der Waals surface area contributed by atoms with Crippen LogP contribution in [0.5, 0.6) is 0 Å². The molecule has 0 aromatic rings. The largest absolute Gasteiger partial charge is 0.468 e. The van der Waals surface area contributed by atoms with Gasteiger partial charge in [-0.2, -0.15) is 0 Å². The van der Waals surface area contributed by atoms with Crippen LogP contribution in [0.1, 0.15) is 26.7 Å². The van der Waals surface area contributed by atoms with Gasteiger partial charge in [0.15, 0.2) is 0 Å². The number of piperidine rings is 1. The van der Waals surface area contributed by atoms with Crippen molar-refractivity contribution in [1.82, 2.24) is 10.6 Å². The molecule has 0 saturated carbocycles. The van der Waals surface area contributed by atoms with Crippen molar-refractivity contribution in [3.63, 3.8) is 0 Å². The molecule has 4 nitrogen and oxygen atoms in total. The second-order valence-electron chi connectivity index (χ2n) is 4.15. The maximum atomic E-state index is 11.7. The molecule has 4 heteroatoms. The fourth-order valence-corrected chi connectivity index (χ4v) is 2.01. The Morgan fingerprint density at radius 3 is 2.71 bits per heavy atom. The van der Waals surface area contributed by atoms with Crippen LogP contribution in [0.15, 0.2) is 0 Å². The van der Waals surface area contributed by atoms with E-state index in [0.29, 0.717) is 6.54 Å². The minimum absolute atomic E-state index is 0.154. The van der Waals surface area contributed by atoms with Crippen molar-refractivity contribution >= 4 is 5.97 Å². The summed E-state index contributed by atoms with van der Waals surface area (Å²) in [5.74, 6) is -0.154. The normalized spacial score (nSPS) is 27.7. The zero-order chi connectivity index (χ0) is 10.6. The third-order valence-electron chi connectivity index (χ3n) is 2.52. The molecule has 0 bridgehead atoms. The first-order valence-corrected chi connectivity index (χ1v) is 5.17. The van der Waals surface area contributed by atoms with Gasteiger partial charge in [0, 0.05) is 12.6 Å². The summed E-state index contributed by atoms with van der Waals surface area (Å²) in [6.07, 6.45) is 1.86. The van der Waals surface area contributed by atoms with Gasteiger partial charge >= 0.3 is 5.97 Å². The summed E-state index contributed by atoms with van der Waals surface area (Å²) >= 11 is 0. The number of methoxy groups -OCH3 is 1. The van der Waals surface area contributed by atoms with Crippen LogP contribution in [0.4, 0.5) is 0 Å². The highest BCUT2D eigenvalue weighted by atomic mass is 16.5. The molecule has 14 heavy (non-hydrogen) atoms. The zero-order valence-corrected chi connectivity index (χ0v) is 9.22. The summed E-state index contributed by atoms with van der Waals surface area (Å²) in [6.45, 7) is 5.73. The number of hydrogen-bond acceptors (Lipinski definition) is 4. The molecule has 0 spiro atoms. The topological polar surface area (TPSA) is 50.4 Å². The maximum absolute atomic E-state index is 11.7. The first kappa shape index (κ1) is 11.5. The van der Waals surface area contributed by atoms with Gasteiger partial charge in [-0.25, -0.2) is 0 Å². The predicted molar refractivity (Wildman–Crippen MR) is 55.1 cm³/mol. The molecule has 1 aliphatic rings. The molecule has 1 aliphatic heterocycles. The van der Waals surface area contributed by atoms with Crippen LogP contribution in [0.25, 0.3) is 0 Å². The van der Waals surface area contributed by atoms with Gasteiger partial charge in [-0.1, -0.05) is 0 Å². The van der Waals surface area contributed by atoms with Crippen LogP contribution in [0.2, 0.25) is 0 Å². The van der Waals surface area contributed by atoms with E-state index in [1.54, 1.807) is 0 Å². The molecule has 1 atom stereocenters. The molecule has 0 radical (unpaired) electrons. The first-order valence-electron chi connectivity index (χ1n) is 5.17. The number of rotatable bonds is 3. The molecular weight excluding hydrogens is 180 g/mol. The van der Waals surface area contributed by atoms with Crippen LogP contribution >= 0.6 is 0 Å². The van der Waals surface area contributed by atoms with Crippen molar-refractivity contribution < 1.29 is 9.53 Å². The summed E-state index contributed by atoms with van der Waals surface area (Å²) in [6, 6.07) is 0.286. The number of carbonyl (C=O) groups is 1. The van der Waals surface area contributed by atoms with E-state index in [4.69, 9.17) is 4.74 Å². The van der Waals surface area contributed by atoms with Crippen molar-refractivity contribution in [1.29, 1.82) is 0 Å². The molecule has 82 valence electrons. The molecule has 1 fully saturated rings. The van der Waals surface area contributed by atoms with Gasteiger partial charge in [-0.05, 0) is 33.2 Å². The Morgan fingerprint density at radius 1 is 1.57 bits per heavy atom. The fraction of sp³-hybridized carbons (Fsp3) is 0.900. The molecule has 2 N–H and O–H groups in total. The lowest BCUT2D eigenvalue weighted by Crippen LogP contribution is -2.63. The quantitative estimate of drug-likeness (QED) is 0.642. The SMILES string of the molecule is COC(=O)C1(NC(C)C)CCCNC1. The Bertz CT molecular complexity index is 198. The van der Waals surface area contributed by atoms with Gasteiger partial charge in [0.05, 0.1) is 7.11 Å². The number of hydrogen-bond donors (Lipinski definition) is 2. The van der Waals surface area contributed by atoms with E-state index in [1.165, 1.54) is 7.11 Å². The lowest BCUT2D eigenvalue weighted by molar-refractivity contribution is -0.149. The lowest BCUT2D eigenvalue weighted by atomic mass is 9.89. The van der Waals surface area contributed by atoms with Crippen LogP contribution in [0.3, 0.4) is 0 Å². The van der Waals surface area contributed by atoms with E-state index in [1.807, 2.05) is 13.8 Å². The van der Waals surface area contributed by atoms with Gasteiger partial charge in [0.2, 0.25) is 0 Å². The van der Waals surface area contributed by atoms with Crippen LogP contribution in [-0.2, 0) is 9.53 Å². The molecule has 1 saturated heterocycles. The number of carbonyl (C=O) groups excluding carboxylic acids is 1. The minimum Gasteiger partial charge on any atom is -0.468 e. The van der Waals surface area contributed by atoms with E-state index in [9.17, 15) is 4.79 Å². The van der Waals surface area contributed by atoms with E-state index in [0.717, 1.165) is 19.4 Å². The van der Waals surface area contributed by atoms with E-state index >= 15 is 0 Å². The Kier molecular flexibility index (Phi) is 3.89. The summed E-state index contributed by atoms with van der Waals surface area (Å²) in [4.78, 5) is 11.7. The molecule has 1 heterocycles. The monoisotopic (exact) mass is 200 g/mol. The molecule has 0 aliphatic carbocycles. The Balaban J connectivity index is 2.71. The zero-order valence-electron chi connectivity index (χ0n) is 9.22. The summed E-state index contributed by atoms with van der Waals surface area (Å²) < 4.78 is 4.85. The number of esters is 1. The number of nitrogens with one attached hydrogen (secondary N) is 2. The Hall–Kier alpha value is -0.610. The van der Waals surface area contributed by atoms with E-state index < -0.39 is 5.54 Å². The van der Waals surface area contributed by atoms with Crippen molar-refractivity contribution in [2.75, 3.05) is 20.2 Å². The van der Waals surface area contributed by atoms with Gasteiger partial charge in [-0.15, -0.1) is 0 Å². The molecule has 1 rings (SSSR count). The first-order chi connectivity index (χ1) is 6.60. The average Bonchev–Trinajstić information content (AvgIpc) is 2.17. The molecular formula is C10H20N2O2. The number of ether oxygens (including phenoxy) is 1. The highest BCUT2D eigenvalue weighted by Crippen LogP contribution is 2.18. The minimum atomic E-state index is -0.513. The average molecular weight is 200 g/mol. The van der Waals surface area contributed by atoms with Gasteiger partial charge < -0.3 is 10.1 Å². The molecule has 0 amide bonds. The van der Waals surface area contributed by atoms with Gasteiger partial charge in [0.1, 0.15) is 5.54 Å². The maximum Gasteiger partial charge on any atom is 0.327 e. The summed E-state index contributed by atoms with van der Waals surface area (Å²) in [5.41, 5.74) is -0.513. The van der Waals surface area contributed by atoms with E-state index in [2.05, 4.69) is 10.6 Å². The van der Waals surface area contributed by atoms with Crippen LogP contribution < -0.4 is 10.6 Å². The van der Waals surface area contributed by atoms with Crippen molar-refractivity contribution in [3.05, 3.63) is 0 Å². The molecule has 0 aromatic carbocycles. The standard InChI is InChI=1S/C10H20N2O2/c1-8(2)12-10(9(13)14-3)5-4-6-11-7-10/h8,11-12H,4-7H2,1-3H3. The highest BCUT2D eigenvalue weighted by molar-refractivity contribution is 5.81. The van der Waals surface area contributed by atoms with Crippen molar-refractivity contribution in [3.8, 4) is 0 Å². The third kappa shape index (κ3) is 2.45. The Morgan fingerprint density at radius 2 is 2.29 bits per heavy atom. The van der Waals surface area contributed by atoms with Gasteiger partial charge in [0.25, 0.3) is 0 Å². The third-order valence-corrected chi connectivity index (χ3v) is 2.52. The Labute approximate surface area is 85.4 Å². The fourth-order valence-electron chi connectivity index (χ4n) is 2.01. The lowest BCUT2D eigenvalue weighted by Gasteiger charge is -2.37. The van der Waals surface area contributed by atoms with Crippen LogP contribution in [-0.4, -0.2) is 37.7 Å². The smallest absolute Gasteiger partial charge is 0.327 e. The van der Waals surface area contributed by atoms with E-state index in [-0.39, 0.29) is 12.0 Å². The highest BCUT2D eigenvalue weighted by Gasteiger charge is 2.40.